The fourth-order valence-corrected chi connectivity index (χ4v) is 12.7. The molecule has 1 fully saturated rings. The van der Waals surface area contributed by atoms with Crippen LogP contribution in [0.5, 0.6) is 0 Å². The third-order valence-electron chi connectivity index (χ3n) is 1.60. The van der Waals surface area contributed by atoms with E-state index in [0.29, 0.717) is 0 Å². The maximum absolute atomic E-state index is 9.22. The molecule has 0 saturated carbocycles. The van der Waals surface area contributed by atoms with E-state index in [-0.39, 0.29) is 0 Å². The Morgan fingerprint density at radius 3 is 0.417 bits per heavy atom. The van der Waals surface area contributed by atoms with Crippen molar-refractivity contribution in [2.45, 2.75) is 0 Å². The van der Waals surface area contributed by atoms with Gasteiger partial charge in [-0.25, -0.2) is 0 Å². The Kier molecular flexibility index (Phi) is 7.33. The van der Waals surface area contributed by atoms with E-state index in [0.717, 1.165) is 0 Å². The molecule has 156 valence electrons. The van der Waals surface area contributed by atoms with Gasteiger partial charge in [0.05, 0.1) is 0 Å². The Bertz CT molecular complexity index is 316. The maximum atomic E-state index is 9.22. The summed E-state index contributed by atoms with van der Waals surface area (Å²) < 4.78 is 22.2. The summed E-state index contributed by atoms with van der Waals surface area (Å²) in [6.45, 7) is 0. The van der Waals surface area contributed by atoms with Crippen LogP contribution in [0.3, 0.4) is 0 Å². The van der Waals surface area contributed by atoms with Crippen LogP contribution in [0.2, 0.25) is 0 Å². The van der Waals surface area contributed by atoms with Crippen LogP contribution in [-0.2, 0) is 25.9 Å². The molecule has 0 aromatic heterocycles. The molecule has 1 saturated heterocycles. The first-order chi connectivity index (χ1) is 10.2. The van der Waals surface area contributed by atoms with Crippen molar-refractivity contribution in [1.29, 1.82) is 0 Å². The molecule has 24 heteroatoms. The predicted molar refractivity (Wildman–Crippen MR) is 83.0 cm³/mol. The van der Waals surface area contributed by atoms with Gasteiger partial charge in [0.15, 0.2) is 0 Å². The Labute approximate surface area is 134 Å². The van der Waals surface area contributed by atoms with Crippen molar-refractivity contribution in [2.24, 2.45) is 0 Å². The molecule has 0 unspecified atom stereocenters. The van der Waals surface area contributed by atoms with E-state index >= 15 is 0 Å². The van der Waals surface area contributed by atoms with E-state index in [1.807, 2.05) is 0 Å². The third kappa shape index (κ3) is 8.70. The molecule has 12 N–H and O–H groups in total. The summed E-state index contributed by atoms with van der Waals surface area (Å²) >= 11 is 0. The van der Waals surface area contributed by atoms with Gasteiger partial charge in [-0.2, -0.15) is 0 Å². The summed E-state index contributed by atoms with van der Waals surface area (Å²) in [5.74, 6) is 0. The van der Waals surface area contributed by atoms with Crippen molar-refractivity contribution in [3.05, 3.63) is 0 Å². The molecular weight excluding hydrogens is 474 g/mol. The molecule has 0 aromatic carbocycles. The Morgan fingerprint density at radius 1 is 0.250 bits per heavy atom. The normalized spacial score (nSPS) is 39.5. The van der Waals surface area contributed by atoms with Crippen LogP contribution < -0.4 is 0 Å². The van der Waals surface area contributed by atoms with Crippen LogP contribution in [-0.4, -0.2) is 58.7 Å². The molecule has 1 rings (SSSR count). The minimum absolute atomic E-state index is 3.69. The second-order valence-corrected chi connectivity index (χ2v) is 15.4. The molecule has 18 nitrogen and oxygen atoms in total. The zero-order valence-electron chi connectivity index (χ0n) is 10.8. The quantitative estimate of drug-likeness (QED) is 0.146. The molecule has 1 heterocycles. The van der Waals surface area contributed by atoms with E-state index in [4.69, 9.17) is 0 Å². The molecule has 0 amide bonds. The van der Waals surface area contributed by atoms with Gasteiger partial charge in [0.2, 0.25) is 0 Å². The second-order valence-electron chi connectivity index (χ2n) is 3.90. The van der Waals surface area contributed by atoms with E-state index in [2.05, 4.69) is 25.9 Å². The van der Waals surface area contributed by atoms with Crippen LogP contribution in [0.25, 0.3) is 0 Å². The van der Waals surface area contributed by atoms with Crippen LogP contribution >= 0.6 is 49.0 Å². The Balaban J connectivity index is 3.24. The standard InChI is InChI=1S/H18O18P6/c1-19(2)13-20(3,4)15-22(7,8)17-24(11,12)18-23(9,10)16-21(5,6)14-19/h1-12,19-24H. The van der Waals surface area contributed by atoms with Crippen LogP contribution in [0, 0.1) is 0 Å². The van der Waals surface area contributed by atoms with Gasteiger partial charge in [-0.1, -0.05) is 0 Å². The molecule has 0 radical (unpaired) electrons. The van der Waals surface area contributed by atoms with Crippen LogP contribution in [0.1, 0.15) is 0 Å². The van der Waals surface area contributed by atoms with Crippen molar-refractivity contribution in [2.75, 3.05) is 0 Å². The van der Waals surface area contributed by atoms with E-state index in [9.17, 15) is 58.7 Å². The monoisotopic (exact) mass is 492 g/mol. The van der Waals surface area contributed by atoms with Gasteiger partial charge in [-0.05, 0) is 0 Å². The first-order valence-corrected chi connectivity index (χ1v) is 15.4. The van der Waals surface area contributed by atoms with Crippen LogP contribution in [0.15, 0.2) is 0 Å². The van der Waals surface area contributed by atoms with Crippen molar-refractivity contribution in [3.8, 4) is 0 Å². The summed E-state index contributed by atoms with van der Waals surface area (Å²) in [6.07, 6.45) is 0. The average Bonchev–Trinajstić information content (AvgIpc) is 1.98. The van der Waals surface area contributed by atoms with Gasteiger partial charge >= 0.3 is 134 Å². The molecule has 1 aliphatic rings. The molecule has 1 aliphatic heterocycles. The molecule has 0 aromatic rings. The fourth-order valence-electron chi connectivity index (χ4n) is 1.16. The third-order valence-corrected chi connectivity index (χ3v) is 14.4. The van der Waals surface area contributed by atoms with Gasteiger partial charge in [0.1, 0.15) is 0 Å². The molecule has 0 spiro atoms. The second kappa shape index (κ2) is 7.36. The molecule has 0 atom stereocenters. The molecule has 0 aliphatic carbocycles. The Morgan fingerprint density at radius 2 is 0.333 bits per heavy atom. The predicted octanol–water partition coefficient (Wildman–Crippen LogP) is -3.53. The number of hydrogen-bond acceptors (Lipinski definition) is 18. The topological polar surface area (TPSA) is 298 Å². The summed E-state index contributed by atoms with van der Waals surface area (Å²) in [5.41, 5.74) is 0. The summed E-state index contributed by atoms with van der Waals surface area (Å²) in [4.78, 5) is 111. The molecular formula is H18O18P6. The average molecular weight is 492 g/mol. The first-order valence-electron chi connectivity index (χ1n) is 5.13. The summed E-state index contributed by atoms with van der Waals surface area (Å²) in [7, 11) is -35.7. The van der Waals surface area contributed by atoms with Crippen molar-refractivity contribution >= 4 is 49.0 Å². The van der Waals surface area contributed by atoms with Gasteiger partial charge in [0.25, 0.3) is 0 Å². The van der Waals surface area contributed by atoms with Gasteiger partial charge in [-0.15, -0.1) is 0 Å². The first kappa shape index (κ1) is 23.9. The van der Waals surface area contributed by atoms with E-state index in [1.54, 1.807) is 0 Å². The van der Waals surface area contributed by atoms with Gasteiger partial charge in [0, 0.05) is 0 Å². The van der Waals surface area contributed by atoms with Crippen molar-refractivity contribution < 1.29 is 84.6 Å². The number of rotatable bonds is 0. The van der Waals surface area contributed by atoms with Gasteiger partial charge < -0.3 is 0 Å². The molecule has 0 bridgehead atoms. The SMILES string of the molecule is O[PH]1(O)O[PH](O)(O)O[PH](O)(O)O[PH](O)(O)O[PH](O)(O)O[PH](O)(O)O1. The van der Waals surface area contributed by atoms with E-state index in [1.165, 1.54) is 0 Å². The Hall–Kier alpha value is 1.86. The summed E-state index contributed by atoms with van der Waals surface area (Å²) in [6, 6.07) is 0. The van der Waals surface area contributed by atoms with Crippen LogP contribution in [0.4, 0.5) is 0 Å². The van der Waals surface area contributed by atoms with Gasteiger partial charge in [-0.3, -0.25) is 0 Å². The minimum atomic E-state index is -5.95. The number of hydrogen-bond donors (Lipinski definition) is 12. The van der Waals surface area contributed by atoms with Crippen molar-refractivity contribution in [1.82, 2.24) is 0 Å². The molecule has 24 heavy (non-hydrogen) atoms. The van der Waals surface area contributed by atoms with Crippen molar-refractivity contribution in [3.63, 3.8) is 0 Å². The zero-order chi connectivity index (χ0) is 19.2. The fraction of sp³-hybridized carbons (Fsp3) is 0. The van der Waals surface area contributed by atoms with E-state index < -0.39 is 49.0 Å². The summed E-state index contributed by atoms with van der Waals surface area (Å²) in [5, 5.41) is 0. The zero-order valence-corrected chi connectivity index (χ0v) is 16.8.